The molecule has 1 heterocycles. The van der Waals surface area contributed by atoms with Crippen LogP contribution in [0.15, 0.2) is 18.2 Å². The summed E-state index contributed by atoms with van der Waals surface area (Å²) in [7, 11) is 0. The van der Waals surface area contributed by atoms with Crippen LogP contribution in [-0.2, 0) is 0 Å². The lowest BCUT2D eigenvalue weighted by Crippen LogP contribution is -2.61. The lowest BCUT2D eigenvalue weighted by atomic mass is 9.53. The third-order valence-corrected chi connectivity index (χ3v) is 8.26. The first-order valence-electron chi connectivity index (χ1n) is 11.4. The Labute approximate surface area is 193 Å². The quantitative estimate of drug-likeness (QED) is 0.578. The monoisotopic (exact) mass is 464 g/mol. The van der Waals surface area contributed by atoms with Crippen LogP contribution in [0.4, 0.5) is 15.3 Å². The van der Waals surface area contributed by atoms with Gasteiger partial charge in [-0.1, -0.05) is 23.2 Å². The molecule has 3 N–H and O–H groups in total. The Morgan fingerprint density at radius 1 is 1.06 bits per heavy atom. The Hall–Kier alpha value is -1.66. The van der Waals surface area contributed by atoms with Crippen LogP contribution in [0.25, 0.3) is 0 Å². The van der Waals surface area contributed by atoms with E-state index < -0.39 is 0 Å². The Bertz CT molecular complexity index is 842. The highest BCUT2D eigenvalue weighted by Crippen LogP contribution is 2.55. The average Bonchev–Trinajstić information content (AvgIpc) is 3.16. The van der Waals surface area contributed by atoms with E-state index in [9.17, 15) is 9.59 Å². The van der Waals surface area contributed by atoms with Crippen LogP contribution >= 0.6 is 23.2 Å². The minimum Gasteiger partial charge on any atom is -0.338 e. The number of nitrogens with zero attached hydrogens (tertiary/aromatic N) is 1. The van der Waals surface area contributed by atoms with Gasteiger partial charge in [0.2, 0.25) is 0 Å². The van der Waals surface area contributed by atoms with Crippen LogP contribution in [0.1, 0.15) is 44.9 Å². The number of halogens is 2. The minimum atomic E-state index is -0.176. The summed E-state index contributed by atoms with van der Waals surface area (Å²) in [6.07, 6.45) is 8.42. The lowest BCUT2D eigenvalue weighted by Gasteiger charge is -2.56. The van der Waals surface area contributed by atoms with Crippen molar-refractivity contribution in [3.05, 3.63) is 28.2 Å². The van der Waals surface area contributed by atoms with E-state index in [4.69, 9.17) is 23.2 Å². The van der Waals surface area contributed by atoms with Gasteiger partial charge in [-0.2, -0.15) is 0 Å². The van der Waals surface area contributed by atoms with E-state index in [0.717, 1.165) is 43.4 Å². The molecule has 1 aromatic carbocycles. The maximum Gasteiger partial charge on any atom is 0.321 e. The molecule has 4 saturated carbocycles. The molecule has 1 atom stereocenters. The molecule has 4 aliphatic carbocycles. The third kappa shape index (κ3) is 4.61. The summed E-state index contributed by atoms with van der Waals surface area (Å²) in [5.74, 6) is 2.68. The summed E-state index contributed by atoms with van der Waals surface area (Å²) in [5, 5.41) is 10.2. The zero-order valence-corrected chi connectivity index (χ0v) is 19.1. The van der Waals surface area contributed by atoms with Gasteiger partial charge in [-0.15, -0.1) is 0 Å². The van der Waals surface area contributed by atoms with Crippen LogP contribution in [0.2, 0.25) is 10.0 Å². The largest absolute Gasteiger partial charge is 0.338 e. The minimum absolute atomic E-state index is 0.0261. The number of hydrogen-bond acceptors (Lipinski definition) is 2. The number of nitrogens with one attached hydrogen (secondary N) is 3. The maximum atomic E-state index is 12.7. The highest BCUT2D eigenvalue weighted by atomic mass is 35.5. The molecule has 31 heavy (non-hydrogen) atoms. The molecule has 1 aliphatic heterocycles. The van der Waals surface area contributed by atoms with E-state index in [0.29, 0.717) is 35.4 Å². The molecule has 1 saturated heterocycles. The highest BCUT2D eigenvalue weighted by Gasteiger charge is 2.51. The van der Waals surface area contributed by atoms with Gasteiger partial charge in [0.15, 0.2) is 0 Å². The van der Waals surface area contributed by atoms with E-state index >= 15 is 0 Å². The summed E-state index contributed by atoms with van der Waals surface area (Å²) in [5.41, 5.74) is 0.575. The number of benzene rings is 1. The van der Waals surface area contributed by atoms with E-state index in [-0.39, 0.29) is 23.5 Å². The molecular weight excluding hydrogens is 435 g/mol. The van der Waals surface area contributed by atoms with E-state index in [1.54, 1.807) is 23.1 Å². The highest BCUT2D eigenvalue weighted by molar-refractivity contribution is 6.36. The first-order valence-corrected chi connectivity index (χ1v) is 12.2. The fraction of sp³-hybridized carbons (Fsp3) is 0.652. The van der Waals surface area contributed by atoms with Crippen molar-refractivity contribution in [3.8, 4) is 0 Å². The van der Waals surface area contributed by atoms with Crippen molar-refractivity contribution in [2.45, 2.75) is 50.5 Å². The molecule has 0 radical (unpaired) electrons. The third-order valence-electron chi connectivity index (χ3n) is 7.71. The van der Waals surface area contributed by atoms with Crippen LogP contribution in [0.3, 0.4) is 0 Å². The Morgan fingerprint density at radius 3 is 2.39 bits per heavy atom. The molecule has 5 fully saturated rings. The maximum absolute atomic E-state index is 12.7. The van der Waals surface area contributed by atoms with E-state index in [2.05, 4.69) is 16.0 Å². The number of amides is 4. The molecule has 5 aliphatic rings. The number of hydrogen-bond donors (Lipinski definition) is 3. The first kappa shape index (κ1) is 21.2. The molecule has 168 valence electrons. The van der Waals surface area contributed by atoms with Crippen molar-refractivity contribution in [2.24, 2.45) is 23.7 Å². The zero-order valence-electron chi connectivity index (χ0n) is 17.6. The van der Waals surface area contributed by atoms with Gasteiger partial charge in [-0.3, -0.25) is 0 Å². The molecule has 4 bridgehead atoms. The summed E-state index contributed by atoms with van der Waals surface area (Å²) >= 11 is 12.1. The van der Waals surface area contributed by atoms with E-state index in [1.807, 2.05) is 0 Å². The molecule has 0 aromatic heterocycles. The molecule has 1 unspecified atom stereocenters. The van der Waals surface area contributed by atoms with Crippen molar-refractivity contribution >= 4 is 41.0 Å². The fourth-order valence-electron chi connectivity index (χ4n) is 6.75. The van der Waals surface area contributed by atoms with Crippen molar-refractivity contribution in [1.82, 2.24) is 15.5 Å². The van der Waals surface area contributed by atoms with Crippen LogP contribution in [0, 0.1) is 23.7 Å². The van der Waals surface area contributed by atoms with Gasteiger partial charge in [0.1, 0.15) is 0 Å². The van der Waals surface area contributed by atoms with Gasteiger partial charge in [0, 0.05) is 30.2 Å². The van der Waals surface area contributed by atoms with Crippen molar-refractivity contribution in [2.75, 3.05) is 25.0 Å². The lowest BCUT2D eigenvalue weighted by molar-refractivity contribution is -0.0135. The van der Waals surface area contributed by atoms with Crippen LogP contribution in [-0.4, -0.2) is 42.1 Å². The van der Waals surface area contributed by atoms with Gasteiger partial charge in [0.05, 0.1) is 10.7 Å². The Kier molecular flexibility index (Phi) is 5.72. The smallest absolute Gasteiger partial charge is 0.321 e. The van der Waals surface area contributed by atoms with Gasteiger partial charge < -0.3 is 20.9 Å². The van der Waals surface area contributed by atoms with Gasteiger partial charge in [-0.05, 0) is 86.8 Å². The molecule has 0 spiro atoms. The predicted octanol–water partition coefficient (Wildman–Crippen LogP) is 5.12. The summed E-state index contributed by atoms with van der Waals surface area (Å²) in [6, 6.07) is 4.79. The summed E-state index contributed by atoms with van der Waals surface area (Å²) in [4.78, 5) is 27.0. The van der Waals surface area contributed by atoms with Crippen molar-refractivity contribution < 1.29 is 9.59 Å². The predicted molar refractivity (Wildman–Crippen MR) is 123 cm³/mol. The molecule has 1 aromatic rings. The molecule has 6 nitrogen and oxygen atoms in total. The van der Waals surface area contributed by atoms with Crippen molar-refractivity contribution in [3.63, 3.8) is 0 Å². The fourth-order valence-corrected chi connectivity index (χ4v) is 7.21. The second-order valence-corrected chi connectivity index (χ2v) is 11.0. The number of anilines is 1. The number of likely N-dealkylation sites (tertiary alicyclic amines) is 1. The summed E-state index contributed by atoms with van der Waals surface area (Å²) in [6.45, 7) is 1.87. The standard InChI is InChI=1S/C23H30Cl2N4O2/c24-18-1-2-20(19(25)8-18)27-22(31)29-4-3-14(13-29)12-26-21(30)28-23-9-15-5-16(10-23)7-17(6-15)11-23/h1-2,8,14-17H,3-7,9-13H2,(H,27,31)(H2,26,28,30)/t14?,15-,16-,17?,23?/m1/s1. The number of rotatable bonds is 4. The van der Waals surface area contributed by atoms with Crippen LogP contribution < -0.4 is 16.0 Å². The first-order chi connectivity index (χ1) is 14.9. The second kappa shape index (κ2) is 8.36. The molecule has 8 heteroatoms. The number of carbonyl (C=O) groups excluding carboxylic acids is 2. The molecule has 4 amide bonds. The Morgan fingerprint density at radius 2 is 1.74 bits per heavy atom. The zero-order chi connectivity index (χ0) is 21.6. The second-order valence-electron chi connectivity index (χ2n) is 10.2. The summed E-state index contributed by atoms with van der Waals surface area (Å²) < 4.78 is 0. The normalized spacial score (nSPS) is 33.4. The van der Waals surface area contributed by atoms with Gasteiger partial charge in [0.25, 0.3) is 0 Å². The molecule has 6 rings (SSSR count). The van der Waals surface area contributed by atoms with Gasteiger partial charge >= 0.3 is 12.1 Å². The van der Waals surface area contributed by atoms with Crippen molar-refractivity contribution in [1.29, 1.82) is 0 Å². The molecular formula is C23H30Cl2N4O2. The van der Waals surface area contributed by atoms with Gasteiger partial charge in [-0.25, -0.2) is 9.59 Å². The number of urea groups is 2. The SMILES string of the molecule is O=C(NCC1CCN(C(=O)Nc2ccc(Cl)cc2Cl)C1)NC12CC3C[C@H](C1)C[C@H](C3)C2. The van der Waals surface area contributed by atoms with Crippen LogP contribution in [0.5, 0.6) is 0 Å². The average molecular weight is 465 g/mol. The topological polar surface area (TPSA) is 73.5 Å². The Balaban J connectivity index is 1.08. The van der Waals surface area contributed by atoms with E-state index in [1.165, 1.54) is 19.3 Å². The number of carbonyl (C=O) groups is 2.